The van der Waals surface area contributed by atoms with Crippen molar-refractivity contribution in [1.29, 1.82) is 0 Å². The van der Waals surface area contributed by atoms with Crippen molar-refractivity contribution in [3.8, 4) is 0 Å². The molecule has 2 unspecified atom stereocenters. The van der Waals surface area contributed by atoms with E-state index in [2.05, 4.69) is 0 Å². The van der Waals surface area contributed by atoms with E-state index in [-0.39, 0.29) is 24.3 Å². The maximum Gasteiger partial charge on any atom is 0.320 e. The number of carbonyl (C=O) groups is 1. The van der Waals surface area contributed by atoms with Crippen LogP contribution in [0.15, 0.2) is 29.2 Å². The number of aliphatic carboxylic acids is 1. The molecule has 0 aliphatic heterocycles. The van der Waals surface area contributed by atoms with Crippen LogP contribution in [0.25, 0.3) is 0 Å². The minimum Gasteiger partial charge on any atom is -0.480 e. The van der Waals surface area contributed by atoms with E-state index < -0.39 is 27.1 Å². The van der Waals surface area contributed by atoms with E-state index in [1.54, 1.807) is 25.1 Å². The second-order valence-electron chi connectivity index (χ2n) is 4.69. The van der Waals surface area contributed by atoms with Gasteiger partial charge in [0.15, 0.2) is 9.84 Å². The van der Waals surface area contributed by atoms with Crippen molar-refractivity contribution in [2.75, 3.05) is 6.54 Å². The molecule has 0 heterocycles. The van der Waals surface area contributed by atoms with Crippen molar-refractivity contribution < 1.29 is 18.3 Å². The van der Waals surface area contributed by atoms with Gasteiger partial charge in [0.1, 0.15) is 6.04 Å². The zero-order valence-electron chi connectivity index (χ0n) is 11.3. The molecule has 7 heteroatoms. The summed E-state index contributed by atoms with van der Waals surface area (Å²) in [5, 5.41) is 7.95. The molecule has 1 aromatic rings. The van der Waals surface area contributed by atoms with Crippen molar-refractivity contribution >= 4 is 15.8 Å². The van der Waals surface area contributed by atoms with Crippen LogP contribution >= 0.6 is 0 Å². The van der Waals surface area contributed by atoms with E-state index in [0.29, 0.717) is 5.56 Å². The van der Waals surface area contributed by atoms with Crippen LogP contribution in [-0.2, 0) is 14.6 Å². The quantitative estimate of drug-likeness (QED) is 0.665. The largest absolute Gasteiger partial charge is 0.480 e. The van der Waals surface area contributed by atoms with Crippen LogP contribution in [-0.4, -0.2) is 37.3 Å². The van der Waals surface area contributed by atoms with Gasteiger partial charge in [-0.15, -0.1) is 0 Å². The molecule has 0 saturated carbocycles. The third kappa shape index (κ3) is 3.78. The number of hydrogen-bond donors (Lipinski definition) is 3. The first-order valence-electron chi connectivity index (χ1n) is 6.28. The lowest BCUT2D eigenvalue weighted by atomic mass is 10.1. The molecule has 0 radical (unpaired) electrons. The van der Waals surface area contributed by atoms with Crippen LogP contribution in [0.4, 0.5) is 0 Å². The Hall–Kier alpha value is -1.44. The highest BCUT2D eigenvalue weighted by molar-refractivity contribution is 7.92. The predicted octanol–water partition coefficient (Wildman–Crippen LogP) is 0.288. The Balaban J connectivity index is 3.13. The SMILES string of the molecule is Cc1ccccc1S(=O)(=O)C(CCN)CC(N)C(=O)O. The Labute approximate surface area is 118 Å². The second kappa shape index (κ2) is 6.83. The normalized spacial score (nSPS) is 14.8. The fourth-order valence-electron chi connectivity index (χ4n) is 2.02. The number of rotatable bonds is 7. The maximum atomic E-state index is 12.6. The molecule has 20 heavy (non-hydrogen) atoms. The number of benzene rings is 1. The monoisotopic (exact) mass is 300 g/mol. The van der Waals surface area contributed by atoms with Crippen molar-refractivity contribution in [3.63, 3.8) is 0 Å². The minimum atomic E-state index is -3.65. The standard InChI is InChI=1S/C13H20N2O4S/c1-9-4-2-3-5-12(9)20(18,19)10(6-7-14)8-11(15)13(16)17/h2-5,10-11H,6-8,14-15H2,1H3,(H,16,17). The average molecular weight is 300 g/mol. The Kier molecular flexibility index (Phi) is 5.67. The topological polar surface area (TPSA) is 123 Å². The highest BCUT2D eigenvalue weighted by Gasteiger charge is 2.31. The van der Waals surface area contributed by atoms with Crippen LogP contribution in [0.5, 0.6) is 0 Å². The van der Waals surface area contributed by atoms with Gasteiger partial charge in [-0.25, -0.2) is 8.42 Å². The lowest BCUT2D eigenvalue weighted by Crippen LogP contribution is -2.38. The summed E-state index contributed by atoms with van der Waals surface area (Å²) < 4.78 is 25.2. The van der Waals surface area contributed by atoms with E-state index in [1.165, 1.54) is 6.07 Å². The van der Waals surface area contributed by atoms with Crippen molar-refractivity contribution in [3.05, 3.63) is 29.8 Å². The molecule has 2 atom stereocenters. The predicted molar refractivity (Wildman–Crippen MR) is 76.1 cm³/mol. The lowest BCUT2D eigenvalue weighted by Gasteiger charge is -2.20. The molecule has 1 aromatic carbocycles. The number of carboxylic acid groups (broad SMARTS) is 1. The first kappa shape index (κ1) is 16.6. The summed E-state index contributed by atoms with van der Waals surface area (Å²) >= 11 is 0. The third-order valence-corrected chi connectivity index (χ3v) is 5.54. The molecular formula is C13H20N2O4S. The summed E-state index contributed by atoms with van der Waals surface area (Å²) in [6, 6.07) is 5.38. The Morgan fingerprint density at radius 3 is 2.45 bits per heavy atom. The van der Waals surface area contributed by atoms with E-state index in [4.69, 9.17) is 16.6 Å². The van der Waals surface area contributed by atoms with E-state index in [0.717, 1.165) is 0 Å². The molecule has 0 spiro atoms. The van der Waals surface area contributed by atoms with Gasteiger partial charge in [-0.05, 0) is 37.9 Å². The third-order valence-electron chi connectivity index (χ3n) is 3.16. The zero-order chi connectivity index (χ0) is 15.3. The highest BCUT2D eigenvalue weighted by atomic mass is 32.2. The smallest absolute Gasteiger partial charge is 0.320 e. The summed E-state index contributed by atoms with van der Waals surface area (Å²) in [5.74, 6) is -1.22. The van der Waals surface area contributed by atoms with Crippen LogP contribution in [0.2, 0.25) is 0 Å². The van der Waals surface area contributed by atoms with Crippen LogP contribution < -0.4 is 11.5 Å². The summed E-state index contributed by atoms with van der Waals surface area (Å²) in [7, 11) is -3.65. The first-order chi connectivity index (χ1) is 9.30. The van der Waals surface area contributed by atoms with Crippen molar-refractivity contribution in [1.82, 2.24) is 0 Å². The summed E-state index contributed by atoms with van der Waals surface area (Å²) in [5.41, 5.74) is 11.5. The molecule has 112 valence electrons. The number of aryl methyl sites for hydroxylation is 1. The molecule has 0 aliphatic rings. The lowest BCUT2D eigenvalue weighted by molar-refractivity contribution is -0.138. The Morgan fingerprint density at radius 1 is 1.35 bits per heavy atom. The van der Waals surface area contributed by atoms with Crippen LogP contribution in [0, 0.1) is 6.92 Å². The fourth-order valence-corrected chi connectivity index (χ4v) is 4.08. The summed E-state index contributed by atoms with van der Waals surface area (Å²) in [4.78, 5) is 11.0. The Bertz CT molecular complexity index is 571. The number of nitrogens with two attached hydrogens (primary N) is 2. The summed E-state index contributed by atoms with van der Waals surface area (Å²) in [6.07, 6.45) is 0.0286. The molecule has 6 nitrogen and oxygen atoms in total. The molecule has 5 N–H and O–H groups in total. The zero-order valence-corrected chi connectivity index (χ0v) is 12.1. The molecule has 0 aliphatic carbocycles. The van der Waals surface area contributed by atoms with Gasteiger partial charge in [-0.3, -0.25) is 4.79 Å². The van der Waals surface area contributed by atoms with Gasteiger partial charge in [0.05, 0.1) is 10.1 Å². The molecule has 0 aromatic heterocycles. The fraction of sp³-hybridized carbons (Fsp3) is 0.462. The highest BCUT2D eigenvalue weighted by Crippen LogP contribution is 2.24. The van der Waals surface area contributed by atoms with Gasteiger partial charge in [0, 0.05) is 0 Å². The van der Waals surface area contributed by atoms with Gasteiger partial charge in [0.2, 0.25) is 0 Å². The molecule has 0 fully saturated rings. The average Bonchev–Trinajstić information content (AvgIpc) is 2.38. The maximum absolute atomic E-state index is 12.6. The first-order valence-corrected chi connectivity index (χ1v) is 7.83. The molecule has 0 saturated heterocycles. The molecule has 0 amide bonds. The van der Waals surface area contributed by atoms with E-state index in [1.807, 2.05) is 0 Å². The van der Waals surface area contributed by atoms with Crippen molar-refractivity contribution in [2.24, 2.45) is 11.5 Å². The van der Waals surface area contributed by atoms with Gasteiger partial charge in [-0.2, -0.15) is 0 Å². The van der Waals surface area contributed by atoms with Crippen molar-refractivity contribution in [2.45, 2.75) is 36.0 Å². The second-order valence-corrected chi connectivity index (χ2v) is 6.89. The molecule has 1 rings (SSSR count). The van der Waals surface area contributed by atoms with E-state index >= 15 is 0 Å². The van der Waals surface area contributed by atoms with Crippen LogP contribution in [0.3, 0.4) is 0 Å². The minimum absolute atomic E-state index is 0.150. The van der Waals surface area contributed by atoms with Gasteiger partial charge >= 0.3 is 5.97 Å². The van der Waals surface area contributed by atoms with E-state index in [9.17, 15) is 13.2 Å². The number of carboxylic acids is 1. The molecular weight excluding hydrogens is 280 g/mol. The van der Waals surface area contributed by atoms with Gasteiger partial charge in [0.25, 0.3) is 0 Å². The Morgan fingerprint density at radius 2 is 1.95 bits per heavy atom. The van der Waals surface area contributed by atoms with Crippen LogP contribution in [0.1, 0.15) is 18.4 Å². The summed E-state index contributed by atoms with van der Waals surface area (Å²) in [6.45, 7) is 1.85. The number of hydrogen-bond acceptors (Lipinski definition) is 5. The number of sulfone groups is 1. The molecule has 0 bridgehead atoms. The van der Waals surface area contributed by atoms with Gasteiger partial charge < -0.3 is 16.6 Å². The van der Waals surface area contributed by atoms with Gasteiger partial charge in [-0.1, -0.05) is 18.2 Å².